The molecule has 0 aliphatic heterocycles. The van der Waals surface area contributed by atoms with Crippen molar-refractivity contribution in [1.29, 1.82) is 0 Å². The Balaban J connectivity index is 4.29. The molecule has 0 aromatic heterocycles. The quantitative estimate of drug-likeness (QED) is 0.813. The minimum Gasteiger partial charge on any atom is -0.481 e. The summed E-state index contributed by atoms with van der Waals surface area (Å²) >= 11 is 0. The van der Waals surface area contributed by atoms with Gasteiger partial charge in [-0.3, -0.25) is 4.79 Å². The van der Waals surface area contributed by atoms with Gasteiger partial charge < -0.3 is 15.2 Å². The van der Waals surface area contributed by atoms with E-state index < -0.39 is 23.6 Å². The number of carbonyl (C=O) groups is 2. The maximum Gasteiger partial charge on any atom is 0.407 e. The monoisotopic (exact) mass is 259 g/mol. The average molecular weight is 259 g/mol. The van der Waals surface area contributed by atoms with Crippen LogP contribution in [0.1, 0.15) is 48.0 Å². The normalized spacial score (nSPS) is 13.9. The number of hydrogen-bond acceptors (Lipinski definition) is 3. The van der Waals surface area contributed by atoms with Crippen molar-refractivity contribution in [2.75, 3.05) is 6.54 Å². The van der Waals surface area contributed by atoms with Gasteiger partial charge in [0.25, 0.3) is 0 Å². The van der Waals surface area contributed by atoms with E-state index in [1.54, 1.807) is 20.8 Å². The SMILES string of the molecule is CC(C)(C)C[C@@H](CNC(=O)OC(C)(C)C)C(=O)O. The van der Waals surface area contributed by atoms with Crippen LogP contribution in [0.2, 0.25) is 0 Å². The van der Waals surface area contributed by atoms with Crippen LogP contribution in [-0.2, 0) is 9.53 Å². The highest BCUT2D eigenvalue weighted by molar-refractivity contribution is 5.72. The summed E-state index contributed by atoms with van der Waals surface area (Å²) in [6, 6.07) is 0. The summed E-state index contributed by atoms with van der Waals surface area (Å²) in [5, 5.41) is 11.6. The standard InChI is InChI=1S/C13H25NO4/c1-12(2,3)7-9(10(15)16)8-14-11(17)18-13(4,5)6/h9H,7-8H2,1-6H3,(H,14,17)(H,15,16)/t9-/m0/s1. The number of carboxylic acids is 1. The Kier molecular flexibility index (Phi) is 5.64. The van der Waals surface area contributed by atoms with Gasteiger partial charge in [-0.1, -0.05) is 20.8 Å². The molecular formula is C13H25NO4. The average Bonchev–Trinajstić information content (AvgIpc) is 2.06. The minimum atomic E-state index is -0.902. The maximum atomic E-state index is 11.4. The summed E-state index contributed by atoms with van der Waals surface area (Å²) in [4.78, 5) is 22.5. The molecule has 106 valence electrons. The molecule has 1 amide bonds. The van der Waals surface area contributed by atoms with E-state index in [2.05, 4.69) is 5.32 Å². The second-order valence-corrected chi connectivity index (χ2v) is 6.68. The highest BCUT2D eigenvalue weighted by Crippen LogP contribution is 2.24. The van der Waals surface area contributed by atoms with Gasteiger partial charge in [0.15, 0.2) is 0 Å². The lowest BCUT2D eigenvalue weighted by Crippen LogP contribution is -2.38. The van der Waals surface area contributed by atoms with E-state index in [4.69, 9.17) is 9.84 Å². The fourth-order valence-corrected chi connectivity index (χ4v) is 1.51. The number of carboxylic acid groups (broad SMARTS) is 1. The lowest BCUT2D eigenvalue weighted by Gasteiger charge is -2.24. The maximum absolute atomic E-state index is 11.4. The van der Waals surface area contributed by atoms with Crippen molar-refractivity contribution in [2.45, 2.75) is 53.6 Å². The number of rotatable bonds is 4. The van der Waals surface area contributed by atoms with Crippen LogP contribution in [0.5, 0.6) is 0 Å². The molecule has 5 nitrogen and oxygen atoms in total. The summed E-state index contributed by atoms with van der Waals surface area (Å²) in [6.07, 6.45) is -0.0827. The third-order valence-corrected chi connectivity index (χ3v) is 2.10. The summed E-state index contributed by atoms with van der Waals surface area (Å²) in [5.41, 5.74) is -0.675. The fraction of sp³-hybridized carbons (Fsp3) is 0.846. The lowest BCUT2D eigenvalue weighted by molar-refractivity contribution is -0.142. The molecule has 0 aromatic carbocycles. The van der Waals surface area contributed by atoms with Gasteiger partial charge in [0.05, 0.1) is 5.92 Å². The Hall–Kier alpha value is -1.26. The predicted octanol–water partition coefficient (Wildman–Crippen LogP) is 2.65. The molecule has 0 saturated carbocycles. The summed E-state index contributed by atoms with van der Waals surface area (Å²) < 4.78 is 5.05. The zero-order chi connectivity index (χ0) is 14.6. The molecule has 0 radical (unpaired) electrons. The smallest absolute Gasteiger partial charge is 0.407 e. The van der Waals surface area contributed by atoms with Gasteiger partial charge in [0.1, 0.15) is 5.60 Å². The molecule has 18 heavy (non-hydrogen) atoms. The molecule has 2 N–H and O–H groups in total. The molecule has 0 aliphatic rings. The number of amides is 1. The van der Waals surface area contributed by atoms with Crippen LogP contribution in [0.3, 0.4) is 0 Å². The van der Waals surface area contributed by atoms with E-state index in [1.165, 1.54) is 0 Å². The molecule has 0 aromatic rings. The van der Waals surface area contributed by atoms with E-state index in [1.807, 2.05) is 20.8 Å². The molecule has 1 atom stereocenters. The van der Waals surface area contributed by atoms with Crippen LogP contribution in [0.4, 0.5) is 4.79 Å². The molecular weight excluding hydrogens is 234 g/mol. The van der Waals surface area contributed by atoms with Crippen molar-refractivity contribution in [1.82, 2.24) is 5.32 Å². The summed E-state index contributed by atoms with van der Waals surface area (Å²) in [5.74, 6) is -1.50. The van der Waals surface area contributed by atoms with Crippen molar-refractivity contribution in [3.8, 4) is 0 Å². The fourth-order valence-electron chi connectivity index (χ4n) is 1.51. The minimum absolute atomic E-state index is 0.0848. The third kappa shape index (κ3) is 8.84. The van der Waals surface area contributed by atoms with Crippen molar-refractivity contribution in [2.24, 2.45) is 11.3 Å². The van der Waals surface area contributed by atoms with E-state index in [0.29, 0.717) is 6.42 Å². The van der Waals surface area contributed by atoms with E-state index >= 15 is 0 Å². The van der Waals surface area contributed by atoms with Gasteiger partial charge in [-0.25, -0.2) is 4.79 Å². The van der Waals surface area contributed by atoms with Crippen LogP contribution in [0.15, 0.2) is 0 Å². The van der Waals surface area contributed by atoms with Gasteiger partial charge in [-0.05, 0) is 32.6 Å². The second-order valence-electron chi connectivity index (χ2n) is 6.68. The topological polar surface area (TPSA) is 75.6 Å². The molecule has 0 spiro atoms. The van der Waals surface area contributed by atoms with Crippen LogP contribution < -0.4 is 5.32 Å². The van der Waals surface area contributed by atoms with E-state index in [-0.39, 0.29) is 12.0 Å². The lowest BCUT2D eigenvalue weighted by atomic mass is 9.84. The van der Waals surface area contributed by atoms with Gasteiger partial charge in [0, 0.05) is 6.54 Å². The first-order chi connectivity index (χ1) is 7.91. The number of aliphatic carboxylic acids is 1. The number of carbonyl (C=O) groups excluding carboxylic acids is 1. The molecule has 0 saturated heterocycles. The van der Waals surface area contributed by atoms with Crippen LogP contribution in [0, 0.1) is 11.3 Å². The number of alkyl carbamates (subject to hydrolysis) is 1. The Morgan fingerprint density at radius 3 is 2.00 bits per heavy atom. The highest BCUT2D eigenvalue weighted by atomic mass is 16.6. The first kappa shape index (κ1) is 16.7. The highest BCUT2D eigenvalue weighted by Gasteiger charge is 2.25. The Morgan fingerprint density at radius 1 is 1.17 bits per heavy atom. The Labute approximate surface area is 109 Å². The van der Waals surface area contributed by atoms with Gasteiger partial charge in [-0.2, -0.15) is 0 Å². The van der Waals surface area contributed by atoms with Gasteiger partial charge >= 0.3 is 12.1 Å². The zero-order valence-corrected chi connectivity index (χ0v) is 12.2. The molecule has 5 heteroatoms. The molecule has 0 heterocycles. The summed E-state index contributed by atoms with van der Waals surface area (Å²) in [7, 11) is 0. The van der Waals surface area contributed by atoms with Crippen molar-refractivity contribution >= 4 is 12.1 Å². The van der Waals surface area contributed by atoms with Crippen molar-refractivity contribution in [3.63, 3.8) is 0 Å². The van der Waals surface area contributed by atoms with Crippen molar-refractivity contribution in [3.05, 3.63) is 0 Å². The largest absolute Gasteiger partial charge is 0.481 e. The van der Waals surface area contributed by atoms with E-state index in [0.717, 1.165) is 0 Å². The number of hydrogen-bond donors (Lipinski definition) is 2. The molecule has 0 fully saturated rings. The first-order valence-electron chi connectivity index (χ1n) is 6.10. The number of ether oxygens (including phenoxy) is 1. The molecule has 0 aliphatic carbocycles. The molecule has 0 bridgehead atoms. The Morgan fingerprint density at radius 2 is 1.67 bits per heavy atom. The first-order valence-corrected chi connectivity index (χ1v) is 6.10. The summed E-state index contributed by atoms with van der Waals surface area (Å²) in [6.45, 7) is 11.3. The van der Waals surface area contributed by atoms with E-state index in [9.17, 15) is 9.59 Å². The van der Waals surface area contributed by atoms with Crippen LogP contribution >= 0.6 is 0 Å². The Bertz CT molecular complexity index is 299. The van der Waals surface area contributed by atoms with Crippen LogP contribution in [-0.4, -0.2) is 29.3 Å². The molecule has 0 unspecified atom stereocenters. The zero-order valence-electron chi connectivity index (χ0n) is 12.2. The second kappa shape index (κ2) is 6.07. The van der Waals surface area contributed by atoms with Gasteiger partial charge in [-0.15, -0.1) is 0 Å². The van der Waals surface area contributed by atoms with Crippen molar-refractivity contribution < 1.29 is 19.4 Å². The van der Waals surface area contributed by atoms with Gasteiger partial charge in [0.2, 0.25) is 0 Å². The molecule has 0 rings (SSSR count). The third-order valence-electron chi connectivity index (χ3n) is 2.10. The predicted molar refractivity (Wildman–Crippen MR) is 69.4 cm³/mol. The number of nitrogens with one attached hydrogen (secondary N) is 1. The van der Waals surface area contributed by atoms with Crippen LogP contribution in [0.25, 0.3) is 0 Å².